The summed E-state index contributed by atoms with van der Waals surface area (Å²) < 4.78 is 0. The van der Waals surface area contributed by atoms with Crippen LogP contribution in [0.4, 0.5) is 10.5 Å². The van der Waals surface area contributed by atoms with E-state index < -0.39 is 17.9 Å². The SMILES string of the molecule is Cc1ccc(Cl)cc1NC(=O)NC(=O)CCCCC(=O)O. The average Bonchev–Trinajstić information content (AvgIpc) is 2.38. The lowest BCUT2D eigenvalue weighted by molar-refractivity contribution is -0.137. The van der Waals surface area contributed by atoms with Crippen molar-refractivity contribution >= 4 is 35.2 Å². The number of aryl methyl sites for hydroxylation is 1. The maximum Gasteiger partial charge on any atom is 0.325 e. The zero-order chi connectivity index (χ0) is 15.8. The van der Waals surface area contributed by atoms with Crippen molar-refractivity contribution in [1.29, 1.82) is 0 Å². The lowest BCUT2D eigenvalue weighted by Crippen LogP contribution is -2.34. The third kappa shape index (κ3) is 6.76. The number of hydrogen-bond acceptors (Lipinski definition) is 3. The fourth-order valence-electron chi connectivity index (χ4n) is 1.63. The van der Waals surface area contributed by atoms with Gasteiger partial charge in [-0.15, -0.1) is 0 Å². The average molecular weight is 313 g/mol. The number of rotatable bonds is 6. The van der Waals surface area contributed by atoms with Crippen LogP contribution in [0, 0.1) is 6.92 Å². The Kier molecular flexibility index (Phi) is 6.68. The molecule has 21 heavy (non-hydrogen) atoms. The second-order valence-electron chi connectivity index (χ2n) is 4.56. The molecule has 0 unspecified atom stereocenters. The number of urea groups is 1. The summed E-state index contributed by atoms with van der Waals surface area (Å²) in [7, 11) is 0. The molecule has 0 saturated heterocycles. The van der Waals surface area contributed by atoms with E-state index in [-0.39, 0.29) is 12.8 Å². The normalized spacial score (nSPS) is 10.0. The number of aliphatic carboxylic acids is 1. The zero-order valence-corrected chi connectivity index (χ0v) is 12.4. The minimum atomic E-state index is -0.899. The number of carbonyl (C=O) groups is 3. The molecule has 0 radical (unpaired) electrons. The van der Waals surface area contributed by atoms with Crippen LogP contribution in [0.15, 0.2) is 18.2 Å². The van der Waals surface area contributed by atoms with E-state index >= 15 is 0 Å². The van der Waals surface area contributed by atoms with Crippen LogP contribution in [0.5, 0.6) is 0 Å². The molecular formula is C14H17ClN2O4. The first-order chi connectivity index (χ1) is 9.88. The van der Waals surface area contributed by atoms with Gasteiger partial charge in [-0.3, -0.25) is 14.9 Å². The monoisotopic (exact) mass is 312 g/mol. The van der Waals surface area contributed by atoms with Crippen molar-refractivity contribution in [3.05, 3.63) is 28.8 Å². The number of carboxylic acid groups (broad SMARTS) is 1. The predicted molar refractivity (Wildman–Crippen MR) is 79.5 cm³/mol. The first-order valence-electron chi connectivity index (χ1n) is 6.47. The van der Waals surface area contributed by atoms with Gasteiger partial charge in [-0.25, -0.2) is 4.79 Å². The highest BCUT2D eigenvalue weighted by Crippen LogP contribution is 2.19. The molecule has 0 atom stereocenters. The maximum absolute atomic E-state index is 11.6. The molecule has 1 rings (SSSR count). The van der Waals surface area contributed by atoms with Crippen molar-refractivity contribution in [2.24, 2.45) is 0 Å². The van der Waals surface area contributed by atoms with Gasteiger partial charge in [-0.1, -0.05) is 17.7 Å². The van der Waals surface area contributed by atoms with Crippen molar-refractivity contribution in [2.75, 3.05) is 5.32 Å². The Labute approximate surface area is 127 Å². The summed E-state index contributed by atoms with van der Waals surface area (Å²) in [6.07, 6.45) is 0.940. The highest BCUT2D eigenvalue weighted by Gasteiger charge is 2.09. The number of carboxylic acids is 1. The number of imide groups is 1. The molecule has 0 spiro atoms. The van der Waals surface area contributed by atoms with Crippen LogP contribution in [-0.2, 0) is 9.59 Å². The second kappa shape index (κ2) is 8.26. The van der Waals surface area contributed by atoms with Crippen molar-refractivity contribution in [3.63, 3.8) is 0 Å². The van der Waals surface area contributed by atoms with Gasteiger partial charge >= 0.3 is 12.0 Å². The Balaban J connectivity index is 2.37. The van der Waals surface area contributed by atoms with Gasteiger partial charge in [0.1, 0.15) is 0 Å². The number of amides is 3. The highest BCUT2D eigenvalue weighted by molar-refractivity contribution is 6.31. The molecule has 114 valence electrons. The molecule has 0 fully saturated rings. The first-order valence-corrected chi connectivity index (χ1v) is 6.85. The summed E-state index contributed by atoms with van der Waals surface area (Å²) in [5.41, 5.74) is 1.35. The summed E-state index contributed by atoms with van der Waals surface area (Å²) in [4.78, 5) is 33.5. The Hall–Kier alpha value is -2.08. The third-order valence-electron chi connectivity index (χ3n) is 2.75. The third-order valence-corrected chi connectivity index (χ3v) is 2.98. The van der Waals surface area contributed by atoms with Crippen molar-refractivity contribution < 1.29 is 19.5 Å². The Morgan fingerprint density at radius 1 is 1.19 bits per heavy atom. The first kappa shape index (κ1) is 17.0. The minimum Gasteiger partial charge on any atom is -0.481 e. The largest absolute Gasteiger partial charge is 0.481 e. The fraction of sp³-hybridized carbons (Fsp3) is 0.357. The number of nitrogens with one attached hydrogen (secondary N) is 2. The van der Waals surface area contributed by atoms with Crippen LogP contribution >= 0.6 is 11.6 Å². The van der Waals surface area contributed by atoms with Gasteiger partial charge in [0.2, 0.25) is 5.91 Å². The molecule has 0 bridgehead atoms. The van der Waals surface area contributed by atoms with Gasteiger partial charge in [-0.05, 0) is 37.5 Å². The highest BCUT2D eigenvalue weighted by atomic mass is 35.5. The molecule has 1 aromatic rings. The topological polar surface area (TPSA) is 95.5 Å². The van der Waals surface area contributed by atoms with Crippen LogP contribution in [-0.4, -0.2) is 23.0 Å². The van der Waals surface area contributed by atoms with Gasteiger partial charge in [0.05, 0.1) is 0 Å². The van der Waals surface area contributed by atoms with Crippen LogP contribution in [0.25, 0.3) is 0 Å². The van der Waals surface area contributed by atoms with E-state index in [2.05, 4.69) is 10.6 Å². The predicted octanol–water partition coefficient (Wildman–Crippen LogP) is 2.94. The maximum atomic E-state index is 11.6. The fourth-order valence-corrected chi connectivity index (χ4v) is 1.81. The van der Waals surface area contributed by atoms with Gasteiger partial charge in [-0.2, -0.15) is 0 Å². The summed E-state index contributed by atoms with van der Waals surface area (Å²) in [5, 5.41) is 13.7. The molecule has 0 aromatic heterocycles. The van der Waals surface area contributed by atoms with E-state index in [4.69, 9.17) is 16.7 Å². The number of hydrogen-bond donors (Lipinski definition) is 3. The summed E-state index contributed by atoms with van der Waals surface area (Å²) >= 11 is 5.83. The van der Waals surface area contributed by atoms with Crippen LogP contribution in [0.1, 0.15) is 31.2 Å². The lowest BCUT2D eigenvalue weighted by Gasteiger charge is -2.09. The zero-order valence-electron chi connectivity index (χ0n) is 11.6. The van der Waals surface area contributed by atoms with Gasteiger partial charge in [0.25, 0.3) is 0 Å². The Morgan fingerprint density at radius 2 is 1.86 bits per heavy atom. The number of halogens is 1. The molecule has 0 aliphatic carbocycles. The standard InChI is InChI=1S/C14H17ClN2O4/c1-9-6-7-10(15)8-11(9)16-14(21)17-12(18)4-2-3-5-13(19)20/h6-8H,2-5H2,1H3,(H,19,20)(H2,16,17,18,21). The van der Waals surface area contributed by atoms with Crippen molar-refractivity contribution in [3.8, 4) is 0 Å². The molecule has 6 nitrogen and oxygen atoms in total. The quantitative estimate of drug-likeness (QED) is 0.704. The van der Waals surface area contributed by atoms with E-state index in [9.17, 15) is 14.4 Å². The molecule has 3 N–H and O–H groups in total. The summed E-state index contributed by atoms with van der Waals surface area (Å²) in [6.45, 7) is 1.81. The van der Waals surface area contributed by atoms with E-state index in [0.29, 0.717) is 23.6 Å². The lowest BCUT2D eigenvalue weighted by atomic mass is 10.2. The van der Waals surface area contributed by atoms with E-state index in [0.717, 1.165) is 5.56 Å². The van der Waals surface area contributed by atoms with Crippen molar-refractivity contribution in [2.45, 2.75) is 32.6 Å². The molecule has 0 aliphatic heterocycles. The van der Waals surface area contributed by atoms with Gasteiger partial charge < -0.3 is 10.4 Å². The van der Waals surface area contributed by atoms with Gasteiger partial charge in [0.15, 0.2) is 0 Å². The van der Waals surface area contributed by atoms with Crippen LogP contribution in [0.2, 0.25) is 5.02 Å². The molecule has 0 heterocycles. The molecule has 3 amide bonds. The Morgan fingerprint density at radius 3 is 2.52 bits per heavy atom. The molecule has 1 aromatic carbocycles. The smallest absolute Gasteiger partial charge is 0.325 e. The number of carbonyl (C=O) groups excluding carboxylic acids is 2. The molecule has 0 saturated carbocycles. The van der Waals surface area contributed by atoms with E-state index in [1.807, 2.05) is 0 Å². The van der Waals surface area contributed by atoms with E-state index in [1.54, 1.807) is 25.1 Å². The van der Waals surface area contributed by atoms with Crippen molar-refractivity contribution in [1.82, 2.24) is 5.32 Å². The Bertz CT molecular complexity index is 546. The van der Waals surface area contributed by atoms with Crippen LogP contribution < -0.4 is 10.6 Å². The number of benzene rings is 1. The van der Waals surface area contributed by atoms with Crippen LogP contribution in [0.3, 0.4) is 0 Å². The summed E-state index contributed by atoms with van der Waals surface area (Å²) in [6, 6.07) is 4.41. The minimum absolute atomic E-state index is 0.0151. The summed E-state index contributed by atoms with van der Waals surface area (Å²) in [5.74, 6) is -1.35. The molecule has 7 heteroatoms. The number of anilines is 1. The second-order valence-corrected chi connectivity index (χ2v) is 5.00. The number of unbranched alkanes of at least 4 members (excludes halogenated alkanes) is 1. The molecule has 0 aliphatic rings. The van der Waals surface area contributed by atoms with E-state index in [1.165, 1.54) is 0 Å². The van der Waals surface area contributed by atoms with Gasteiger partial charge in [0, 0.05) is 23.6 Å². The molecular weight excluding hydrogens is 296 g/mol.